The molecule has 1 amide bonds. The summed E-state index contributed by atoms with van der Waals surface area (Å²) in [5.74, 6) is -0.684. The molecular formula is C21H20N2O5. The van der Waals surface area contributed by atoms with E-state index in [1.54, 1.807) is 18.2 Å². The lowest BCUT2D eigenvalue weighted by Crippen LogP contribution is -2.40. The number of hydrogen-bond acceptors (Lipinski definition) is 5. The number of hydrogen-bond donors (Lipinski definition) is 0. The second-order valence-electron chi connectivity index (χ2n) is 6.46. The Hall–Kier alpha value is -3.48. The van der Waals surface area contributed by atoms with Crippen LogP contribution in [0.4, 0.5) is 5.69 Å². The van der Waals surface area contributed by atoms with Crippen LogP contribution in [0.15, 0.2) is 60.7 Å². The van der Waals surface area contributed by atoms with Gasteiger partial charge in [0.15, 0.2) is 0 Å². The number of nitro benzene ring substituents is 1. The van der Waals surface area contributed by atoms with Gasteiger partial charge in [-0.3, -0.25) is 14.9 Å². The summed E-state index contributed by atoms with van der Waals surface area (Å²) in [7, 11) is 0. The molecule has 0 unspecified atom stereocenters. The van der Waals surface area contributed by atoms with E-state index in [1.807, 2.05) is 30.3 Å². The summed E-state index contributed by atoms with van der Waals surface area (Å²) >= 11 is 0. The van der Waals surface area contributed by atoms with Gasteiger partial charge in [-0.25, -0.2) is 4.79 Å². The summed E-state index contributed by atoms with van der Waals surface area (Å²) < 4.78 is 5.37. The summed E-state index contributed by atoms with van der Waals surface area (Å²) in [6.07, 6.45) is 4.27. The number of carbonyl (C=O) groups excluding carboxylic acids is 2. The van der Waals surface area contributed by atoms with E-state index in [2.05, 4.69) is 0 Å². The lowest BCUT2D eigenvalue weighted by Gasteiger charge is -2.22. The van der Waals surface area contributed by atoms with Gasteiger partial charge in [0.05, 0.1) is 4.92 Å². The molecule has 0 bridgehead atoms. The Kier molecular flexibility index (Phi) is 6.16. The van der Waals surface area contributed by atoms with E-state index >= 15 is 0 Å². The van der Waals surface area contributed by atoms with Gasteiger partial charge in [0.2, 0.25) is 5.91 Å². The Morgan fingerprint density at radius 2 is 1.86 bits per heavy atom. The first-order valence-corrected chi connectivity index (χ1v) is 8.98. The van der Waals surface area contributed by atoms with E-state index in [4.69, 9.17) is 4.74 Å². The van der Waals surface area contributed by atoms with Crippen molar-refractivity contribution in [1.29, 1.82) is 0 Å². The molecule has 1 saturated heterocycles. The third-order valence-corrected chi connectivity index (χ3v) is 4.55. The SMILES string of the molecule is O=C(OCc1ccccc1)[C@@H]1CCCN1C(=O)/C=C/c1ccc([N+](=O)[O-])cc1. The minimum absolute atomic E-state index is 0.00996. The second kappa shape index (κ2) is 8.94. The molecule has 0 aliphatic carbocycles. The van der Waals surface area contributed by atoms with Gasteiger partial charge in [0, 0.05) is 24.8 Å². The molecule has 1 aliphatic rings. The molecule has 1 fully saturated rings. The second-order valence-corrected chi connectivity index (χ2v) is 6.46. The van der Waals surface area contributed by atoms with Crippen LogP contribution in [0, 0.1) is 10.1 Å². The van der Waals surface area contributed by atoms with Gasteiger partial charge in [0.1, 0.15) is 12.6 Å². The third kappa shape index (κ3) is 4.82. The Morgan fingerprint density at radius 1 is 1.14 bits per heavy atom. The largest absolute Gasteiger partial charge is 0.459 e. The average Bonchev–Trinajstić information content (AvgIpc) is 3.21. The highest BCUT2D eigenvalue weighted by molar-refractivity contribution is 5.95. The lowest BCUT2D eigenvalue weighted by molar-refractivity contribution is -0.384. The maximum atomic E-state index is 12.5. The lowest BCUT2D eigenvalue weighted by atomic mass is 10.2. The molecule has 1 heterocycles. The van der Waals surface area contributed by atoms with Gasteiger partial charge < -0.3 is 9.64 Å². The van der Waals surface area contributed by atoms with E-state index in [9.17, 15) is 19.7 Å². The van der Waals surface area contributed by atoms with Crippen molar-refractivity contribution in [2.75, 3.05) is 6.54 Å². The Labute approximate surface area is 162 Å². The predicted molar refractivity (Wildman–Crippen MR) is 103 cm³/mol. The molecule has 0 saturated carbocycles. The fourth-order valence-electron chi connectivity index (χ4n) is 3.07. The highest BCUT2D eigenvalue weighted by Crippen LogP contribution is 2.20. The third-order valence-electron chi connectivity index (χ3n) is 4.55. The van der Waals surface area contributed by atoms with Crippen molar-refractivity contribution in [3.63, 3.8) is 0 Å². The van der Waals surface area contributed by atoms with E-state index in [0.717, 1.165) is 12.0 Å². The molecule has 2 aromatic carbocycles. The summed E-state index contributed by atoms with van der Waals surface area (Å²) in [5, 5.41) is 10.7. The number of ether oxygens (including phenoxy) is 1. The first-order chi connectivity index (χ1) is 13.5. The summed E-state index contributed by atoms with van der Waals surface area (Å²) in [5.41, 5.74) is 1.55. The van der Waals surface area contributed by atoms with Crippen LogP contribution < -0.4 is 0 Å². The number of likely N-dealkylation sites (tertiary alicyclic amines) is 1. The molecule has 7 nitrogen and oxygen atoms in total. The normalized spacial score (nSPS) is 16.3. The molecule has 0 aromatic heterocycles. The van der Waals surface area contributed by atoms with Crippen molar-refractivity contribution in [1.82, 2.24) is 4.90 Å². The molecule has 0 N–H and O–H groups in total. The van der Waals surface area contributed by atoms with Crippen molar-refractivity contribution in [3.05, 3.63) is 81.9 Å². The van der Waals surface area contributed by atoms with Crippen molar-refractivity contribution >= 4 is 23.6 Å². The van der Waals surface area contributed by atoms with Gasteiger partial charge in [-0.2, -0.15) is 0 Å². The molecule has 144 valence electrons. The quantitative estimate of drug-likeness (QED) is 0.332. The van der Waals surface area contributed by atoms with Gasteiger partial charge in [0.25, 0.3) is 5.69 Å². The zero-order valence-electron chi connectivity index (χ0n) is 15.2. The highest BCUT2D eigenvalue weighted by atomic mass is 16.6. The fourth-order valence-corrected chi connectivity index (χ4v) is 3.07. The molecule has 3 rings (SSSR count). The van der Waals surface area contributed by atoms with E-state index in [0.29, 0.717) is 18.5 Å². The first kappa shape index (κ1) is 19.3. The van der Waals surface area contributed by atoms with Gasteiger partial charge in [-0.15, -0.1) is 0 Å². The number of nitrogens with zero attached hydrogens (tertiary/aromatic N) is 2. The van der Waals surface area contributed by atoms with E-state index in [-0.39, 0.29) is 18.2 Å². The highest BCUT2D eigenvalue weighted by Gasteiger charge is 2.34. The van der Waals surface area contributed by atoms with Crippen molar-refractivity contribution in [3.8, 4) is 0 Å². The molecule has 7 heteroatoms. The monoisotopic (exact) mass is 380 g/mol. The average molecular weight is 380 g/mol. The number of rotatable bonds is 6. The molecule has 0 radical (unpaired) electrons. The van der Waals surface area contributed by atoms with Crippen LogP contribution in [0.2, 0.25) is 0 Å². The summed E-state index contributed by atoms with van der Waals surface area (Å²) in [6, 6.07) is 14.7. The zero-order chi connectivity index (χ0) is 19.9. The van der Waals surface area contributed by atoms with E-state index < -0.39 is 16.9 Å². The van der Waals surface area contributed by atoms with Crippen LogP contribution in [0.1, 0.15) is 24.0 Å². The molecule has 28 heavy (non-hydrogen) atoms. The summed E-state index contributed by atoms with van der Waals surface area (Å²) in [4.78, 5) is 36.6. The van der Waals surface area contributed by atoms with Gasteiger partial charge >= 0.3 is 5.97 Å². The van der Waals surface area contributed by atoms with Gasteiger partial charge in [-0.1, -0.05) is 30.3 Å². The number of nitro groups is 1. The zero-order valence-corrected chi connectivity index (χ0v) is 15.2. The maximum Gasteiger partial charge on any atom is 0.329 e. The number of amides is 1. The first-order valence-electron chi connectivity index (χ1n) is 8.98. The fraction of sp³-hybridized carbons (Fsp3) is 0.238. The standard InChI is InChI=1S/C21H20N2O5/c24-20(13-10-16-8-11-18(12-9-16)23(26)27)22-14-4-7-19(22)21(25)28-15-17-5-2-1-3-6-17/h1-3,5-6,8-13,19H,4,7,14-15H2/b13-10+/t19-/m0/s1. The molecular weight excluding hydrogens is 360 g/mol. The Morgan fingerprint density at radius 3 is 2.54 bits per heavy atom. The molecule has 2 aromatic rings. The van der Waals surface area contributed by atoms with Crippen LogP contribution in [-0.2, 0) is 20.9 Å². The number of benzene rings is 2. The van der Waals surface area contributed by atoms with Crippen molar-refractivity contribution < 1.29 is 19.2 Å². The number of carbonyl (C=O) groups is 2. The van der Waals surface area contributed by atoms with Crippen molar-refractivity contribution in [2.45, 2.75) is 25.5 Å². The maximum absolute atomic E-state index is 12.5. The predicted octanol–water partition coefficient (Wildman–Crippen LogP) is 3.34. The van der Waals surface area contributed by atoms with Crippen LogP contribution in [0.3, 0.4) is 0 Å². The minimum Gasteiger partial charge on any atom is -0.459 e. The van der Waals surface area contributed by atoms with Gasteiger partial charge in [-0.05, 0) is 42.2 Å². The number of non-ortho nitro benzene ring substituents is 1. The smallest absolute Gasteiger partial charge is 0.329 e. The topological polar surface area (TPSA) is 89.8 Å². The summed E-state index contributed by atoms with van der Waals surface area (Å²) in [6.45, 7) is 0.672. The van der Waals surface area contributed by atoms with Crippen LogP contribution in [0.25, 0.3) is 6.08 Å². The van der Waals surface area contributed by atoms with Crippen LogP contribution >= 0.6 is 0 Å². The van der Waals surface area contributed by atoms with Crippen LogP contribution in [-0.4, -0.2) is 34.3 Å². The molecule has 1 aliphatic heterocycles. The molecule has 0 spiro atoms. The van der Waals surface area contributed by atoms with Crippen LogP contribution in [0.5, 0.6) is 0 Å². The molecule has 1 atom stereocenters. The van der Waals surface area contributed by atoms with Crippen molar-refractivity contribution in [2.24, 2.45) is 0 Å². The number of esters is 1. The Bertz CT molecular complexity index is 877. The Balaban J connectivity index is 1.59. The minimum atomic E-state index is -0.585. The van der Waals surface area contributed by atoms with E-state index in [1.165, 1.54) is 23.1 Å².